The first kappa shape index (κ1) is 20.8. The molecule has 0 aliphatic carbocycles. The fourth-order valence-electron chi connectivity index (χ4n) is 3.95. The smallest absolute Gasteiger partial charge is 0.162 e. The van der Waals surface area contributed by atoms with E-state index in [1.807, 2.05) is 30.3 Å². The lowest BCUT2D eigenvalue weighted by Crippen LogP contribution is -2.38. The van der Waals surface area contributed by atoms with Crippen LogP contribution < -0.4 is 4.74 Å². The monoisotopic (exact) mass is 425 g/mol. The summed E-state index contributed by atoms with van der Waals surface area (Å²) in [6.07, 6.45) is 3.47. The minimum atomic E-state index is -0.315. The van der Waals surface area contributed by atoms with Crippen molar-refractivity contribution in [3.63, 3.8) is 0 Å². The zero-order chi connectivity index (χ0) is 20.9. The molecule has 0 bridgehead atoms. The lowest BCUT2D eigenvalue weighted by atomic mass is 10.0. The highest BCUT2D eigenvalue weighted by atomic mass is 35.5. The van der Waals surface area contributed by atoms with Crippen LogP contribution in [0.2, 0.25) is 5.02 Å². The summed E-state index contributed by atoms with van der Waals surface area (Å²) in [6, 6.07) is 17.8. The Balaban J connectivity index is 1.21. The molecule has 1 heterocycles. The van der Waals surface area contributed by atoms with Gasteiger partial charge >= 0.3 is 0 Å². The lowest BCUT2D eigenvalue weighted by molar-refractivity contribution is 0.0920. The number of halogens is 2. The van der Waals surface area contributed by atoms with Gasteiger partial charge in [0.2, 0.25) is 0 Å². The van der Waals surface area contributed by atoms with Gasteiger partial charge in [-0.15, -0.1) is 0 Å². The van der Waals surface area contributed by atoms with Gasteiger partial charge in [-0.05, 0) is 85.1 Å². The standard InChI is InChI=1S/C25H25ClFNO2/c26-21-7-3-20-17-24(10-6-19(20)16-21)30-23-11-14-28(15-12-23)13-1-2-25(29)18-4-8-22(27)9-5-18/h3-10,16-17,23H,1-2,11-15H2. The summed E-state index contributed by atoms with van der Waals surface area (Å²) < 4.78 is 19.2. The molecule has 0 unspecified atom stereocenters. The number of nitrogens with zero attached hydrogens (tertiary/aromatic N) is 1. The van der Waals surface area contributed by atoms with Gasteiger partial charge < -0.3 is 9.64 Å². The summed E-state index contributed by atoms with van der Waals surface area (Å²) in [5.41, 5.74) is 0.584. The van der Waals surface area contributed by atoms with Gasteiger partial charge in [-0.3, -0.25) is 4.79 Å². The van der Waals surface area contributed by atoms with Gasteiger partial charge in [-0.2, -0.15) is 0 Å². The molecule has 0 saturated carbocycles. The van der Waals surface area contributed by atoms with E-state index < -0.39 is 0 Å². The second-order valence-electron chi connectivity index (χ2n) is 7.85. The average Bonchev–Trinajstić information content (AvgIpc) is 2.75. The Bertz CT molecular complexity index is 1010. The summed E-state index contributed by atoms with van der Waals surface area (Å²) in [5.74, 6) is 0.656. The molecule has 0 atom stereocenters. The highest BCUT2D eigenvalue weighted by Gasteiger charge is 2.20. The quantitative estimate of drug-likeness (QED) is 0.426. The van der Waals surface area contributed by atoms with Gasteiger partial charge in [-0.1, -0.05) is 23.7 Å². The van der Waals surface area contributed by atoms with Gasteiger partial charge in [-0.25, -0.2) is 4.39 Å². The normalized spacial score (nSPS) is 15.4. The third-order valence-electron chi connectivity index (χ3n) is 5.66. The van der Waals surface area contributed by atoms with Crippen LogP contribution in [0.3, 0.4) is 0 Å². The summed E-state index contributed by atoms with van der Waals surface area (Å²) in [4.78, 5) is 14.6. The van der Waals surface area contributed by atoms with Crippen molar-refractivity contribution in [1.29, 1.82) is 0 Å². The van der Waals surface area contributed by atoms with Crippen molar-refractivity contribution >= 4 is 28.2 Å². The maximum absolute atomic E-state index is 13.0. The number of fused-ring (bicyclic) bond motifs is 1. The Kier molecular flexibility index (Phi) is 6.66. The van der Waals surface area contributed by atoms with E-state index in [-0.39, 0.29) is 17.7 Å². The average molecular weight is 426 g/mol. The second kappa shape index (κ2) is 9.59. The number of hydrogen-bond acceptors (Lipinski definition) is 3. The predicted molar refractivity (Wildman–Crippen MR) is 119 cm³/mol. The second-order valence-corrected chi connectivity index (χ2v) is 8.28. The van der Waals surface area contributed by atoms with Crippen LogP contribution in [0.5, 0.6) is 5.75 Å². The number of ketones is 1. The van der Waals surface area contributed by atoms with Crippen LogP contribution >= 0.6 is 11.6 Å². The molecule has 3 nitrogen and oxygen atoms in total. The molecule has 1 aliphatic heterocycles. The molecule has 0 aromatic heterocycles. The van der Waals surface area contributed by atoms with Crippen molar-refractivity contribution in [3.05, 3.63) is 77.1 Å². The van der Waals surface area contributed by atoms with Crippen LogP contribution in [-0.2, 0) is 0 Å². The van der Waals surface area contributed by atoms with Crippen molar-refractivity contribution < 1.29 is 13.9 Å². The van der Waals surface area contributed by atoms with Crippen LogP contribution in [0.25, 0.3) is 10.8 Å². The van der Waals surface area contributed by atoms with Gasteiger partial charge in [0, 0.05) is 30.1 Å². The van der Waals surface area contributed by atoms with Crippen molar-refractivity contribution in [3.8, 4) is 5.75 Å². The molecule has 4 rings (SSSR count). The summed E-state index contributed by atoms with van der Waals surface area (Å²) in [6.45, 7) is 2.84. The third-order valence-corrected chi connectivity index (χ3v) is 5.89. The first-order chi connectivity index (χ1) is 14.6. The maximum atomic E-state index is 13.0. The van der Waals surface area contributed by atoms with Crippen molar-refractivity contribution in [2.24, 2.45) is 0 Å². The molecule has 0 spiro atoms. The molecule has 156 valence electrons. The highest BCUT2D eigenvalue weighted by Crippen LogP contribution is 2.26. The molecule has 1 aliphatic rings. The molecule has 1 saturated heterocycles. The lowest BCUT2D eigenvalue weighted by Gasteiger charge is -2.32. The third kappa shape index (κ3) is 5.38. The van der Waals surface area contributed by atoms with E-state index in [4.69, 9.17) is 16.3 Å². The van der Waals surface area contributed by atoms with Crippen LogP contribution in [0.1, 0.15) is 36.0 Å². The molecule has 3 aromatic carbocycles. The van der Waals surface area contributed by atoms with Gasteiger partial charge in [0.15, 0.2) is 5.78 Å². The number of carbonyl (C=O) groups excluding carboxylic acids is 1. The fourth-order valence-corrected chi connectivity index (χ4v) is 4.14. The van der Waals surface area contributed by atoms with E-state index in [2.05, 4.69) is 11.0 Å². The molecule has 1 fully saturated rings. The minimum absolute atomic E-state index is 0.0748. The van der Waals surface area contributed by atoms with Crippen LogP contribution in [0.4, 0.5) is 4.39 Å². The SMILES string of the molecule is O=C(CCCN1CCC(Oc2ccc3cc(Cl)ccc3c2)CC1)c1ccc(F)cc1. The van der Waals surface area contributed by atoms with E-state index in [0.717, 1.165) is 60.4 Å². The Labute approximate surface area is 181 Å². The Hall–Kier alpha value is -2.43. The zero-order valence-electron chi connectivity index (χ0n) is 16.8. The largest absolute Gasteiger partial charge is 0.490 e. The first-order valence-electron chi connectivity index (χ1n) is 10.4. The van der Waals surface area contributed by atoms with Crippen LogP contribution in [0.15, 0.2) is 60.7 Å². The summed E-state index contributed by atoms with van der Waals surface area (Å²) >= 11 is 6.05. The summed E-state index contributed by atoms with van der Waals surface area (Å²) in [7, 11) is 0. The molecule has 5 heteroatoms. The number of Topliss-reactive ketones (excluding diaryl/α,β-unsaturated/α-hetero) is 1. The maximum Gasteiger partial charge on any atom is 0.162 e. The van der Waals surface area contributed by atoms with Crippen molar-refractivity contribution in [2.75, 3.05) is 19.6 Å². The van der Waals surface area contributed by atoms with E-state index in [1.54, 1.807) is 12.1 Å². The zero-order valence-corrected chi connectivity index (χ0v) is 17.6. The number of ether oxygens (including phenoxy) is 1. The Morgan fingerprint density at radius 3 is 2.47 bits per heavy atom. The predicted octanol–water partition coefficient (Wildman–Crippen LogP) is 6.14. The minimum Gasteiger partial charge on any atom is -0.490 e. The number of carbonyl (C=O) groups is 1. The van der Waals surface area contributed by atoms with Crippen LogP contribution in [0, 0.1) is 5.82 Å². The molecule has 30 heavy (non-hydrogen) atoms. The number of piperidine rings is 1. The molecule has 0 N–H and O–H groups in total. The number of benzene rings is 3. The Morgan fingerprint density at radius 1 is 1.00 bits per heavy atom. The van der Waals surface area contributed by atoms with Gasteiger partial charge in [0.05, 0.1) is 0 Å². The highest BCUT2D eigenvalue weighted by molar-refractivity contribution is 6.31. The molecular formula is C25H25ClFNO2. The van der Waals surface area contributed by atoms with E-state index in [0.29, 0.717) is 12.0 Å². The van der Waals surface area contributed by atoms with Crippen molar-refractivity contribution in [1.82, 2.24) is 4.90 Å². The number of likely N-dealkylation sites (tertiary alicyclic amines) is 1. The Morgan fingerprint density at radius 2 is 1.70 bits per heavy atom. The molecular weight excluding hydrogens is 401 g/mol. The first-order valence-corrected chi connectivity index (χ1v) is 10.8. The van der Waals surface area contributed by atoms with E-state index in [1.165, 1.54) is 12.1 Å². The summed E-state index contributed by atoms with van der Waals surface area (Å²) in [5, 5.41) is 2.97. The van der Waals surface area contributed by atoms with Gasteiger partial charge in [0.25, 0.3) is 0 Å². The molecule has 0 radical (unpaired) electrons. The topological polar surface area (TPSA) is 29.5 Å². The molecule has 0 amide bonds. The van der Waals surface area contributed by atoms with E-state index >= 15 is 0 Å². The number of rotatable bonds is 7. The van der Waals surface area contributed by atoms with Crippen LogP contribution in [-0.4, -0.2) is 36.4 Å². The van der Waals surface area contributed by atoms with Crippen molar-refractivity contribution in [2.45, 2.75) is 31.8 Å². The number of hydrogen-bond donors (Lipinski definition) is 0. The fraction of sp³-hybridized carbons (Fsp3) is 0.320. The van der Waals surface area contributed by atoms with Gasteiger partial charge in [0.1, 0.15) is 17.7 Å². The van der Waals surface area contributed by atoms with E-state index in [9.17, 15) is 9.18 Å². The molecule has 3 aromatic rings.